The maximum atomic E-state index is 9.26. The second kappa shape index (κ2) is 3.91. The molecular formula is C7H14O3. The predicted octanol–water partition coefficient (Wildman–Crippen LogP) is -0.0913. The zero-order valence-corrected chi connectivity index (χ0v) is 5.99. The van der Waals surface area contributed by atoms with Gasteiger partial charge in [-0.05, 0) is 19.3 Å². The van der Waals surface area contributed by atoms with E-state index in [0.717, 1.165) is 19.4 Å². The third kappa shape index (κ3) is 1.94. The first kappa shape index (κ1) is 7.98. The van der Waals surface area contributed by atoms with Crippen LogP contribution in [0.5, 0.6) is 0 Å². The summed E-state index contributed by atoms with van der Waals surface area (Å²) in [6, 6.07) is 0. The highest BCUT2D eigenvalue weighted by atomic mass is 16.5. The monoisotopic (exact) mass is 146 g/mol. The van der Waals surface area contributed by atoms with E-state index < -0.39 is 6.10 Å². The normalized spacial score (nSPS) is 28.8. The third-order valence-electron chi connectivity index (χ3n) is 1.82. The van der Waals surface area contributed by atoms with Crippen molar-refractivity contribution in [2.24, 2.45) is 0 Å². The van der Waals surface area contributed by atoms with E-state index in [9.17, 15) is 5.11 Å². The Morgan fingerprint density at radius 1 is 1.60 bits per heavy atom. The molecule has 0 bridgehead atoms. The summed E-state index contributed by atoms with van der Waals surface area (Å²) >= 11 is 0. The molecule has 0 aromatic carbocycles. The van der Waals surface area contributed by atoms with Gasteiger partial charge in [0.25, 0.3) is 0 Å². The van der Waals surface area contributed by atoms with Gasteiger partial charge < -0.3 is 14.9 Å². The average Bonchev–Trinajstić information content (AvgIpc) is 2.38. The van der Waals surface area contributed by atoms with E-state index in [1.54, 1.807) is 0 Å². The number of ether oxygens (including phenoxy) is 1. The Labute approximate surface area is 60.6 Å². The van der Waals surface area contributed by atoms with E-state index in [1.807, 2.05) is 0 Å². The summed E-state index contributed by atoms with van der Waals surface area (Å²) < 4.78 is 5.21. The number of hydrogen-bond donors (Lipinski definition) is 2. The molecule has 1 aliphatic rings. The lowest BCUT2D eigenvalue weighted by Gasteiger charge is -2.15. The topological polar surface area (TPSA) is 49.7 Å². The van der Waals surface area contributed by atoms with Crippen LogP contribution in [-0.2, 0) is 4.74 Å². The molecule has 10 heavy (non-hydrogen) atoms. The van der Waals surface area contributed by atoms with Crippen molar-refractivity contribution in [3.05, 3.63) is 0 Å². The van der Waals surface area contributed by atoms with Crippen LogP contribution in [0.4, 0.5) is 0 Å². The summed E-state index contributed by atoms with van der Waals surface area (Å²) in [7, 11) is 0. The fourth-order valence-corrected chi connectivity index (χ4v) is 1.22. The summed E-state index contributed by atoms with van der Waals surface area (Å²) in [5.74, 6) is 0. The van der Waals surface area contributed by atoms with Crippen molar-refractivity contribution in [3.8, 4) is 0 Å². The van der Waals surface area contributed by atoms with Crippen LogP contribution in [0.15, 0.2) is 0 Å². The SMILES string of the molecule is OCC[C@H](O)[C@@H]1CCCO1. The number of hydrogen-bond acceptors (Lipinski definition) is 3. The molecule has 0 radical (unpaired) electrons. The number of aliphatic hydroxyl groups excluding tert-OH is 2. The highest BCUT2D eigenvalue weighted by molar-refractivity contribution is 4.72. The lowest BCUT2D eigenvalue weighted by Crippen LogP contribution is -2.25. The van der Waals surface area contributed by atoms with Crippen molar-refractivity contribution >= 4 is 0 Å². The molecule has 0 saturated carbocycles. The van der Waals surface area contributed by atoms with Crippen molar-refractivity contribution in [1.82, 2.24) is 0 Å². The van der Waals surface area contributed by atoms with E-state index >= 15 is 0 Å². The molecule has 1 heterocycles. The molecule has 2 N–H and O–H groups in total. The first-order valence-corrected chi connectivity index (χ1v) is 3.75. The first-order chi connectivity index (χ1) is 4.84. The van der Waals surface area contributed by atoms with Crippen molar-refractivity contribution < 1.29 is 14.9 Å². The molecule has 0 aromatic heterocycles. The van der Waals surface area contributed by atoms with Gasteiger partial charge in [0, 0.05) is 13.2 Å². The third-order valence-corrected chi connectivity index (χ3v) is 1.82. The highest BCUT2D eigenvalue weighted by Gasteiger charge is 2.22. The van der Waals surface area contributed by atoms with Crippen molar-refractivity contribution in [3.63, 3.8) is 0 Å². The summed E-state index contributed by atoms with van der Waals surface area (Å²) in [5.41, 5.74) is 0. The molecule has 1 rings (SSSR count). The molecule has 0 amide bonds. The van der Waals surface area contributed by atoms with Crippen molar-refractivity contribution in [1.29, 1.82) is 0 Å². The van der Waals surface area contributed by atoms with Gasteiger partial charge in [0.05, 0.1) is 12.2 Å². The van der Waals surface area contributed by atoms with Crippen LogP contribution in [0.2, 0.25) is 0 Å². The molecule has 0 aliphatic carbocycles. The Balaban J connectivity index is 2.18. The number of aliphatic hydroxyl groups is 2. The molecular weight excluding hydrogens is 132 g/mol. The van der Waals surface area contributed by atoms with Gasteiger partial charge in [-0.2, -0.15) is 0 Å². The van der Waals surface area contributed by atoms with Gasteiger partial charge in [-0.15, -0.1) is 0 Å². The largest absolute Gasteiger partial charge is 0.396 e. The van der Waals surface area contributed by atoms with Crippen LogP contribution < -0.4 is 0 Å². The highest BCUT2D eigenvalue weighted by Crippen LogP contribution is 2.16. The van der Waals surface area contributed by atoms with Gasteiger partial charge in [-0.25, -0.2) is 0 Å². The van der Waals surface area contributed by atoms with Crippen LogP contribution in [0, 0.1) is 0 Å². The van der Waals surface area contributed by atoms with E-state index in [0.29, 0.717) is 6.42 Å². The second-order valence-corrected chi connectivity index (χ2v) is 2.63. The Bertz CT molecular complexity index is 88.9. The second-order valence-electron chi connectivity index (χ2n) is 2.63. The minimum absolute atomic E-state index is 0.0212. The fourth-order valence-electron chi connectivity index (χ4n) is 1.22. The fraction of sp³-hybridized carbons (Fsp3) is 1.00. The zero-order chi connectivity index (χ0) is 7.40. The van der Waals surface area contributed by atoms with Gasteiger partial charge in [0.1, 0.15) is 0 Å². The minimum atomic E-state index is -0.465. The van der Waals surface area contributed by atoms with Crippen LogP contribution in [0.25, 0.3) is 0 Å². The molecule has 0 spiro atoms. The summed E-state index contributed by atoms with van der Waals surface area (Å²) in [6.45, 7) is 0.800. The van der Waals surface area contributed by atoms with Crippen molar-refractivity contribution in [2.75, 3.05) is 13.2 Å². The Morgan fingerprint density at radius 3 is 2.90 bits per heavy atom. The van der Waals surface area contributed by atoms with E-state index in [4.69, 9.17) is 9.84 Å². The first-order valence-electron chi connectivity index (χ1n) is 3.75. The Kier molecular flexibility index (Phi) is 3.12. The molecule has 0 unspecified atom stereocenters. The molecule has 1 saturated heterocycles. The lowest BCUT2D eigenvalue weighted by atomic mass is 10.1. The van der Waals surface area contributed by atoms with Crippen LogP contribution in [0.1, 0.15) is 19.3 Å². The maximum Gasteiger partial charge on any atom is 0.0835 e. The average molecular weight is 146 g/mol. The molecule has 1 aliphatic heterocycles. The van der Waals surface area contributed by atoms with Gasteiger partial charge in [0.15, 0.2) is 0 Å². The standard InChI is InChI=1S/C7H14O3/c8-4-3-6(9)7-2-1-5-10-7/h6-9H,1-5H2/t6-,7-/m0/s1. The van der Waals surface area contributed by atoms with Gasteiger partial charge in [-0.3, -0.25) is 0 Å². The molecule has 2 atom stereocenters. The van der Waals surface area contributed by atoms with Crippen molar-refractivity contribution in [2.45, 2.75) is 31.5 Å². The zero-order valence-electron chi connectivity index (χ0n) is 5.99. The van der Waals surface area contributed by atoms with Crippen LogP contribution in [-0.4, -0.2) is 35.6 Å². The molecule has 60 valence electrons. The van der Waals surface area contributed by atoms with Gasteiger partial charge in [-0.1, -0.05) is 0 Å². The van der Waals surface area contributed by atoms with E-state index in [-0.39, 0.29) is 12.7 Å². The van der Waals surface area contributed by atoms with Crippen LogP contribution >= 0.6 is 0 Å². The number of rotatable bonds is 3. The van der Waals surface area contributed by atoms with E-state index in [1.165, 1.54) is 0 Å². The summed E-state index contributed by atoms with van der Waals surface area (Å²) in [6.07, 6.45) is 1.92. The maximum absolute atomic E-state index is 9.26. The van der Waals surface area contributed by atoms with Crippen LogP contribution in [0.3, 0.4) is 0 Å². The minimum Gasteiger partial charge on any atom is -0.396 e. The molecule has 3 heteroatoms. The Morgan fingerprint density at radius 2 is 2.40 bits per heavy atom. The molecule has 1 fully saturated rings. The molecule has 3 nitrogen and oxygen atoms in total. The summed E-state index contributed by atoms with van der Waals surface area (Å²) in [4.78, 5) is 0. The summed E-state index contributed by atoms with van der Waals surface area (Å²) in [5, 5.41) is 17.7. The quantitative estimate of drug-likeness (QED) is 0.585. The Hall–Kier alpha value is -0.120. The smallest absolute Gasteiger partial charge is 0.0835 e. The van der Waals surface area contributed by atoms with Gasteiger partial charge >= 0.3 is 0 Å². The predicted molar refractivity (Wildman–Crippen MR) is 36.7 cm³/mol. The van der Waals surface area contributed by atoms with E-state index in [2.05, 4.69) is 0 Å². The molecule has 0 aromatic rings. The lowest BCUT2D eigenvalue weighted by molar-refractivity contribution is -0.0122. The van der Waals surface area contributed by atoms with Gasteiger partial charge in [0.2, 0.25) is 0 Å².